The van der Waals surface area contributed by atoms with Gasteiger partial charge in [-0.2, -0.15) is 0 Å². The van der Waals surface area contributed by atoms with Crippen LogP contribution in [0.1, 0.15) is 18.1 Å². The van der Waals surface area contributed by atoms with Gasteiger partial charge < -0.3 is 28.4 Å². The number of carbonyl (C=O) groups excluding carboxylic acids is 2. The van der Waals surface area contributed by atoms with E-state index < -0.39 is 42.6 Å². The molecular formula is C26H30O8. The van der Waals surface area contributed by atoms with Crippen molar-refractivity contribution in [1.29, 1.82) is 0 Å². The summed E-state index contributed by atoms with van der Waals surface area (Å²) in [6.45, 7) is 5.42. The fourth-order valence-corrected chi connectivity index (χ4v) is 3.67. The van der Waals surface area contributed by atoms with Gasteiger partial charge in [0.2, 0.25) is 0 Å². The Morgan fingerprint density at radius 3 is 2.09 bits per heavy atom. The second-order valence-electron chi connectivity index (χ2n) is 7.72. The Labute approximate surface area is 199 Å². The average Bonchev–Trinajstić information content (AvgIpc) is 2.85. The molecule has 2 aromatic rings. The molecule has 1 saturated heterocycles. The number of esters is 2. The summed E-state index contributed by atoms with van der Waals surface area (Å²) in [4.78, 5) is 24.0. The van der Waals surface area contributed by atoms with E-state index in [9.17, 15) is 9.59 Å². The van der Waals surface area contributed by atoms with Gasteiger partial charge in [-0.15, -0.1) is 0 Å². The fraction of sp³-hybridized carbons (Fsp3) is 0.385. The molecule has 182 valence electrons. The van der Waals surface area contributed by atoms with Gasteiger partial charge in [-0.1, -0.05) is 67.2 Å². The lowest BCUT2D eigenvalue weighted by Crippen LogP contribution is -2.62. The maximum atomic E-state index is 12.0. The third-order valence-electron chi connectivity index (χ3n) is 5.22. The van der Waals surface area contributed by atoms with Crippen LogP contribution >= 0.6 is 0 Å². The van der Waals surface area contributed by atoms with Gasteiger partial charge in [0.25, 0.3) is 0 Å². The molecule has 0 radical (unpaired) electrons. The second kappa shape index (κ2) is 13.0. The molecule has 1 aliphatic rings. The first-order valence-electron chi connectivity index (χ1n) is 11.0. The molecule has 0 spiro atoms. The van der Waals surface area contributed by atoms with Crippen molar-refractivity contribution < 1.29 is 38.0 Å². The average molecular weight is 471 g/mol. The van der Waals surface area contributed by atoms with Gasteiger partial charge in [-0.25, -0.2) is 4.79 Å². The van der Waals surface area contributed by atoms with Crippen molar-refractivity contribution in [1.82, 2.24) is 0 Å². The molecule has 5 atom stereocenters. The molecular weight excluding hydrogens is 440 g/mol. The van der Waals surface area contributed by atoms with Crippen molar-refractivity contribution in [2.45, 2.75) is 50.8 Å². The third kappa shape index (κ3) is 7.23. The van der Waals surface area contributed by atoms with Gasteiger partial charge in [0.05, 0.1) is 19.8 Å². The van der Waals surface area contributed by atoms with Crippen LogP contribution in [0.2, 0.25) is 0 Å². The summed E-state index contributed by atoms with van der Waals surface area (Å²) >= 11 is 0. The molecule has 34 heavy (non-hydrogen) atoms. The van der Waals surface area contributed by atoms with Gasteiger partial charge in [0, 0.05) is 20.1 Å². The van der Waals surface area contributed by atoms with E-state index >= 15 is 0 Å². The minimum absolute atomic E-state index is 0.133. The third-order valence-corrected chi connectivity index (χ3v) is 5.22. The van der Waals surface area contributed by atoms with Gasteiger partial charge in [0.15, 0.2) is 18.5 Å². The van der Waals surface area contributed by atoms with E-state index in [4.69, 9.17) is 28.4 Å². The lowest BCUT2D eigenvalue weighted by molar-refractivity contribution is -0.309. The highest BCUT2D eigenvalue weighted by Gasteiger charge is 2.51. The summed E-state index contributed by atoms with van der Waals surface area (Å²) in [5, 5.41) is 0. The topological polar surface area (TPSA) is 89.5 Å². The minimum atomic E-state index is -1.06. The quantitative estimate of drug-likeness (QED) is 0.365. The molecule has 3 rings (SSSR count). The smallest absolute Gasteiger partial charge is 0.330 e. The number of rotatable bonds is 11. The highest BCUT2D eigenvalue weighted by Crippen LogP contribution is 2.30. The molecule has 1 aliphatic heterocycles. The molecule has 0 saturated carbocycles. The van der Waals surface area contributed by atoms with E-state index in [1.165, 1.54) is 14.0 Å². The molecule has 0 aromatic heterocycles. The van der Waals surface area contributed by atoms with Crippen molar-refractivity contribution in [3.8, 4) is 0 Å². The Bertz CT molecular complexity index is 917. The molecule has 8 nitrogen and oxygen atoms in total. The summed E-state index contributed by atoms with van der Waals surface area (Å²) in [6, 6.07) is 19.2. The minimum Gasteiger partial charge on any atom is -0.455 e. The predicted molar refractivity (Wildman–Crippen MR) is 122 cm³/mol. The van der Waals surface area contributed by atoms with E-state index in [0.29, 0.717) is 6.61 Å². The van der Waals surface area contributed by atoms with E-state index in [2.05, 4.69) is 6.58 Å². The van der Waals surface area contributed by atoms with Crippen LogP contribution in [0.25, 0.3) is 0 Å². The zero-order valence-electron chi connectivity index (χ0n) is 19.3. The lowest BCUT2D eigenvalue weighted by Gasteiger charge is -2.44. The number of carbonyl (C=O) groups is 2. The van der Waals surface area contributed by atoms with Crippen molar-refractivity contribution in [2.75, 3.05) is 13.7 Å². The normalized spacial score (nSPS) is 24.2. The molecule has 1 fully saturated rings. The van der Waals surface area contributed by atoms with Crippen LogP contribution in [0.4, 0.5) is 0 Å². The van der Waals surface area contributed by atoms with Crippen LogP contribution in [0.3, 0.4) is 0 Å². The summed E-state index contributed by atoms with van der Waals surface area (Å²) in [7, 11) is 1.41. The predicted octanol–water partition coefficient (Wildman–Crippen LogP) is 3.19. The SMILES string of the molecule is C=CC(=O)O[C@@H]1[C@@H](OC)O[C@H](COCc2ccccc2)[C@@H](OCc2ccccc2)[C@@H]1OC(C)=O. The standard InChI is InChI=1S/C26H30O8/c1-4-22(28)34-25-24(32-18(2)27)23(31-16-20-13-9-6-10-14-20)21(33-26(25)29-3)17-30-15-19-11-7-5-8-12-19/h4-14,21,23-26H,1,15-17H2,2-3H3/t21-,23-,24+,25+,26+/m1/s1. The Hall–Kier alpha value is -3.04. The zero-order valence-corrected chi connectivity index (χ0v) is 19.3. The fourth-order valence-electron chi connectivity index (χ4n) is 3.67. The second-order valence-corrected chi connectivity index (χ2v) is 7.72. The van der Waals surface area contributed by atoms with Crippen LogP contribution in [0, 0.1) is 0 Å². The zero-order chi connectivity index (χ0) is 24.3. The molecule has 1 heterocycles. The molecule has 0 aliphatic carbocycles. The van der Waals surface area contributed by atoms with Crippen LogP contribution in [-0.4, -0.2) is 56.4 Å². The first-order chi connectivity index (χ1) is 16.5. The van der Waals surface area contributed by atoms with Crippen LogP contribution < -0.4 is 0 Å². The van der Waals surface area contributed by atoms with Crippen molar-refractivity contribution in [3.63, 3.8) is 0 Å². The van der Waals surface area contributed by atoms with Gasteiger partial charge in [-0.05, 0) is 11.1 Å². The van der Waals surface area contributed by atoms with Crippen molar-refractivity contribution in [2.24, 2.45) is 0 Å². The summed E-state index contributed by atoms with van der Waals surface area (Å²) in [5.41, 5.74) is 1.92. The van der Waals surface area contributed by atoms with Crippen molar-refractivity contribution >= 4 is 11.9 Å². The largest absolute Gasteiger partial charge is 0.455 e. The molecule has 0 amide bonds. The molecule has 8 heteroatoms. The Morgan fingerprint density at radius 1 is 0.912 bits per heavy atom. The van der Waals surface area contributed by atoms with Crippen LogP contribution in [-0.2, 0) is 51.2 Å². The van der Waals surface area contributed by atoms with E-state index in [1.54, 1.807) is 0 Å². The van der Waals surface area contributed by atoms with E-state index in [0.717, 1.165) is 17.2 Å². The number of ether oxygens (including phenoxy) is 6. The Balaban J connectivity index is 1.82. The monoisotopic (exact) mass is 470 g/mol. The molecule has 0 unspecified atom stereocenters. The Morgan fingerprint density at radius 2 is 1.53 bits per heavy atom. The molecule has 2 aromatic carbocycles. The Kier molecular flexibility index (Phi) is 9.78. The number of hydrogen-bond acceptors (Lipinski definition) is 8. The number of methoxy groups -OCH3 is 1. The first-order valence-corrected chi connectivity index (χ1v) is 11.0. The molecule has 0 bridgehead atoms. The maximum Gasteiger partial charge on any atom is 0.330 e. The van der Waals surface area contributed by atoms with E-state index in [-0.39, 0.29) is 13.2 Å². The summed E-state index contributed by atoms with van der Waals surface area (Å²) < 4.78 is 34.6. The maximum absolute atomic E-state index is 12.0. The highest BCUT2D eigenvalue weighted by molar-refractivity contribution is 5.81. The van der Waals surface area contributed by atoms with Gasteiger partial charge in [-0.3, -0.25) is 4.79 Å². The summed E-state index contributed by atoms with van der Waals surface area (Å²) in [5.74, 6) is -1.26. The highest BCUT2D eigenvalue weighted by atomic mass is 16.7. The van der Waals surface area contributed by atoms with Crippen molar-refractivity contribution in [3.05, 3.63) is 84.4 Å². The summed E-state index contributed by atoms with van der Waals surface area (Å²) in [6.07, 6.45) is -3.50. The molecule has 0 N–H and O–H groups in total. The number of hydrogen-bond donors (Lipinski definition) is 0. The van der Waals surface area contributed by atoms with Gasteiger partial charge >= 0.3 is 11.9 Å². The number of benzene rings is 2. The lowest BCUT2D eigenvalue weighted by atomic mass is 9.98. The van der Waals surface area contributed by atoms with Gasteiger partial charge in [0.1, 0.15) is 12.2 Å². The van der Waals surface area contributed by atoms with Crippen LogP contribution in [0.15, 0.2) is 73.3 Å². The van der Waals surface area contributed by atoms with Crippen LogP contribution in [0.5, 0.6) is 0 Å². The first kappa shape index (κ1) is 25.6. The van der Waals surface area contributed by atoms with E-state index in [1.807, 2.05) is 60.7 Å².